The highest BCUT2D eigenvalue weighted by Crippen LogP contribution is 2.30. The third kappa shape index (κ3) is 3.22. The summed E-state index contributed by atoms with van der Waals surface area (Å²) in [6, 6.07) is 16.1. The topological polar surface area (TPSA) is 41.6 Å². The summed E-state index contributed by atoms with van der Waals surface area (Å²) in [5, 5.41) is 2.64. The lowest BCUT2D eigenvalue weighted by Gasteiger charge is -2.25. The van der Waals surface area contributed by atoms with Crippen molar-refractivity contribution in [1.82, 2.24) is 10.2 Å². The van der Waals surface area contributed by atoms with E-state index < -0.39 is 0 Å². The highest BCUT2D eigenvalue weighted by Gasteiger charge is 2.16. The van der Waals surface area contributed by atoms with Gasteiger partial charge in [-0.15, -0.1) is 0 Å². The van der Waals surface area contributed by atoms with Crippen LogP contribution in [-0.2, 0) is 0 Å². The molecule has 0 saturated heterocycles. The molecule has 0 fully saturated rings. The average molecular weight is 298 g/mol. The van der Waals surface area contributed by atoms with E-state index in [0.29, 0.717) is 0 Å². The molecule has 0 radical (unpaired) electrons. The smallest absolute Gasteiger partial charge is 0.317 e. The fourth-order valence-corrected chi connectivity index (χ4v) is 2.40. The molecule has 0 bridgehead atoms. The molecule has 2 amide bonds. The molecule has 22 heavy (non-hydrogen) atoms. The molecule has 116 valence electrons. The van der Waals surface area contributed by atoms with Gasteiger partial charge in [0.1, 0.15) is 5.75 Å². The first-order valence-electron chi connectivity index (χ1n) is 7.26. The molecule has 0 aliphatic heterocycles. The van der Waals surface area contributed by atoms with Gasteiger partial charge in [0.05, 0.1) is 13.2 Å². The molecular weight excluding hydrogens is 276 g/mol. The Bertz CT molecular complexity index is 638. The Morgan fingerprint density at radius 1 is 1.14 bits per heavy atom. The van der Waals surface area contributed by atoms with Crippen molar-refractivity contribution in [3.63, 3.8) is 0 Å². The maximum Gasteiger partial charge on any atom is 0.317 e. The molecule has 1 atom stereocenters. The van der Waals surface area contributed by atoms with Gasteiger partial charge in [-0.1, -0.05) is 42.5 Å². The highest BCUT2D eigenvalue weighted by molar-refractivity contribution is 5.74. The molecule has 0 aliphatic carbocycles. The van der Waals surface area contributed by atoms with Crippen LogP contribution < -0.4 is 10.1 Å². The second-order valence-corrected chi connectivity index (χ2v) is 5.16. The number of benzene rings is 2. The van der Waals surface area contributed by atoms with E-state index in [0.717, 1.165) is 22.4 Å². The Labute approximate surface area is 131 Å². The Morgan fingerprint density at radius 3 is 2.36 bits per heavy atom. The van der Waals surface area contributed by atoms with Crippen molar-refractivity contribution in [3.05, 3.63) is 54.1 Å². The zero-order valence-corrected chi connectivity index (χ0v) is 13.5. The van der Waals surface area contributed by atoms with Crippen LogP contribution >= 0.6 is 0 Å². The van der Waals surface area contributed by atoms with E-state index >= 15 is 0 Å². The number of rotatable bonds is 4. The summed E-state index contributed by atoms with van der Waals surface area (Å²) < 4.78 is 5.40. The molecule has 0 spiro atoms. The number of ether oxygens (including phenoxy) is 1. The van der Waals surface area contributed by atoms with Gasteiger partial charge in [0.25, 0.3) is 0 Å². The van der Waals surface area contributed by atoms with Gasteiger partial charge in [0.15, 0.2) is 0 Å². The first-order chi connectivity index (χ1) is 10.6. The number of para-hydroxylation sites is 1. The van der Waals surface area contributed by atoms with E-state index in [-0.39, 0.29) is 12.1 Å². The summed E-state index contributed by atoms with van der Waals surface area (Å²) in [7, 11) is 5.10. The number of methoxy groups -OCH3 is 1. The molecular formula is C18H22N2O2. The molecule has 2 aromatic rings. The molecule has 0 saturated carbocycles. The number of nitrogens with zero attached hydrogens (tertiary/aromatic N) is 1. The zero-order chi connectivity index (χ0) is 16.1. The van der Waals surface area contributed by atoms with Crippen LogP contribution in [0.5, 0.6) is 5.75 Å². The monoisotopic (exact) mass is 298 g/mol. The lowest BCUT2D eigenvalue weighted by molar-refractivity contribution is 0.197. The predicted octanol–water partition coefficient (Wildman–Crippen LogP) is 3.69. The van der Waals surface area contributed by atoms with Crippen LogP contribution in [-0.4, -0.2) is 32.1 Å². The molecule has 4 heteroatoms. The van der Waals surface area contributed by atoms with Gasteiger partial charge >= 0.3 is 6.03 Å². The van der Waals surface area contributed by atoms with Crippen LogP contribution in [0.1, 0.15) is 18.5 Å². The molecule has 0 heterocycles. The van der Waals surface area contributed by atoms with Crippen molar-refractivity contribution in [2.24, 2.45) is 0 Å². The number of hydrogen-bond donors (Lipinski definition) is 1. The lowest BCUT2D eigenvalue weighted by atomic mass is 10.0. The molecule has 0 aliphatic rings. The molecule has 0 aromatic heterocycles. The van der Waals surface area contributed by atoms with E-state index in [1.807, 2.05) is 43.3 Å². The van der Waals surface area contributed by atoms with Crippen LogP contribution in [0.3, 0.4) is 0 Å². The highest BCUT2D eigenvalue weighted by atomic mass is 16.5. The maximum atomic E-state index is 11.7. The summed E-state index contributed by atoms with van der Waals surface area (Å²) in [5.41, 5.74) is 3.24. The third-order valence-electron chi connectivity index (χ3n) is 3.93. The van der Waals surface area contributed by atoms with Gasteiger partial charge in [0, 0.05) is 19.7 Å². The van der Waals surface area contributed by atoms with Crippen molar-refractivity contribution in [2.45, 2.75) is 13.0 Å². The Balaban J connectivity index is 2.25. The number of amides is 2. The minimum absolute atomic E-state index is 0.00617. The van der Waals surface area contributed by atoms with Crippen LogP contribution in [0.4, 0.5) is 4.79 Å². The van der Waals surface area contributed by atoms with Gasteiger partial charge in [-0.3, -0.25) is 0 Å². The van der Waals surface area contributed by atoms with Crippen LogP contribution in [0.2, 0.25) is 0 Å². The molecule has 0 unspecified atom stereocenters. The van der Waals surface area contributed by atoms with Crippen molar-refractivity contribution in [2.75, 3.05) is 21.2 Å². The second-order valence-electron chi connectivity index (χ2n) is 5.16. The first kappa shape index (κ1) is 15.9. The van der Waals surface area contributed by atoms with E-state index in [1.54, 1.807) is 26.1 Å². The van der Waals surface area contributed by atoms with Gasteiger partial charge in [0.2, 0.25) is 0 Å². The Morgan fingerprint density at radius 2 is 1.77 bits per heavy atom. The minimum atomic E-state index is -0.0960. The van der Waals surface area contributed by atoms with Gasteiger partial charge < -0.3 is 15.0 Å². The first-order valence-corrected chi connectivity index (χ1v) is 7.26. The predicted molar refractivity (Wildman–Crippen MR) is 89.1 cm³/mol. The van der Waals surface area contributed by atoms with E-state index in [2.05, 4.69) is 17.4 Å². The molecule has 1 N–H and O–H groups in total. The number of hydrogen-bond acceptors (Lipinski definition) is 2. The number of carbonyl (C=O) groups is 1. The summed E-state index contributed by atoms with van der Waals surface area (Å²) in [4.78, 5) is 13.4. The fourth-order valence-electron chi connectivity index (χ4n) is 2.40. The number of urea groups is 1. The van der Waals surface area contributed by atoms with E-state index in [9.17, 15) is 4.79 Å². The standard InChI is InChI=1S/C18H22N2O2/c1-13(20(3)18(21)19-2)14-9-11-15(12-10-14)16-7-5-6-8-17(16)22-4/h5-13H,1-4H3,(H,19,21)/t13-/m0/s1. The molecule has 2 rings (SSSR count). The van der Waals surface area contributed by atoms with E-state index in [1.165, 1.54) is 0 Å². The van der Waals surface area contributed by atoms with E-state index in [4.69, 9.17) is 4.74 Å². The van der Waals surface area contributed by atoms with Crippen molar-refractivity contribution in [3.8, 4) is 16.9 Å². The average Bonchev–Trinajstić information content (AvgIpc) is 2.59. The van der Waals surface area contributed by atoms with Crippen molar-refractivity contribution < 1.29 is 9.53 Å². The maximum absolute atomic E-state index is 11.7. The minimum Gasteiger partial charge on any atom is -0.496 e. The largest absolute Gasteiger partial charge is 0.496 e. The normalized spacial score (nSPS) is 11.6. The fraction of sp³-hybridized carbons (Fsp3) is 0.278. The van der Waals surface area contributed by atoms with Crippen LogP contribution in [0, 0.1) is 0 Å². The summed E-state index contributed by atoms with van der Waals surface area (Å²) in [5.74, 6) is 0.853. The summed E-state index contributed by atoms with van der Waals surface area (Å²) in [6.07, 6.45) is 0. The zero-order valence-electron chi connectivity index (χ0n) is 13.5. The second kappa shape index (κ2) is 6.98. The Kier molecular flexibility index (Phi) is 5.04. The molecule has 4 nitrogen and oxygen atoms in total. The quantitative estimate of drug-likeness (QED) is 0.935. The number of carbonyl (C=O) groups excluding carboxylic acids is 1. The lowest BCUT2D eigenvalue weighted by Crippen LogP contribution is -2.36. The van der Waals surface area contributed by atoms with Crippen LogP contribution in [0.15, 0.2) is 48.5 Å². The molecule has 2 aromatic carbocycles. The summed E-state index contributed by atoms with van der Waals surface area (Å²) in [6.45, 7) is 2.01. The van der Waals surface area contributed by atoms with Gasteiger partial charge in [-0.25, -0.2) is 4.79 Å². The Hall–Kier alpha value is -2.49. The number of nitrogens with one attached hydrogen (secondary N) is 1. The van der Waals surface area contributed by atoms with Gasteiger partial charge in [-0.05, 0) is 24.1 Å². The van der Waals surface area contributed by atoms with Crippen molar-refractivity contribution in [1.29, 1.82) is 0 Å². The van der Waals surface area contributed by atoms with Crippen LogP contribution in [0.25, 0.3) is 11.1 Å². The summed E-state index contributed by atoms with van der Waals surface area (Å²) >= 11 is 0. The van der Waals surface area contributed by atoms with Gasteiger partial charge in [-0.2, -0.15) is 0 Å². The third-order valence-corrected chi connectivity index (χ3v) is 3.93. The SMILES string of the molecule is CNC(=O)N(C)[C@@H](C)c1ccc(-c2ccccc2OC)cc1. The van der Waals surface area contributed by atoms with Crippen molar-refractivity contribution >= 4 is 6.03 Å².